The fourth-order valence-electron chi connectivity index (χ4n) is 3.40. The number of hydrogen-bond donors (Lipinski definition) is 0. The maximum atomic E-state index is 2.44. The molecule has 3 unspecified atom stereocenters. The van der Waals surface area contributed by atoms with Crippen LogP contribution in [0.3, 0.4) is 0 Å². The molecule has 0 aliphatic heterocycles. The minimum absolute atomic E-state index is 0.823. The second-order valence-corrected chi connectivity index (χ2v) is 5.37. The third-order valence-corrected chi connectivity index (χ3v) is 4.36. The zero-order valence-electron chi connectivity index (χ0n) is 10.3. The van der Waals surface area contributed by atoms with Gasteiger partial charge in [0.25, 0.3) is 0 Å². The van der Waals surface area contributed by atoms with Crippen LogP contribution >= 0.6 is 0 Å². The highest BCUT2D eigenvalue weighted by Crippen LogP contribution is 2.42. The molecule has 2 aliphatic carbocycles. The second kappa shape index (κ2) is 4.91. The predicted molar refractivity (Wildman–Crippen MR) is 72.7 cm³/mol. The summed E-state index contributed by atoms with van der Waals surface area (Å²) in [6.45, 7) is 0. The summed E-state index contributed by atoms with van der Waals surface area (Å²) in [6.07, 6.45) is 14.7. The first kappa shape index (κ1) is 10.8. The van der Waals surface area contributed by atoms with Crippen LogP contribution in [-0.4, -0.2) is 0 Å². The average molecular weight is 224 g/mol. The highest BCUT2D eigenvalue weighted by atomic mass is 14.4. The quantitative estimate of drug-likeness (QED) is 0.714. The summed E-state index contributed by atoms with van der Waals surface area (Å²) in [6, 6.07) is 10.9. The van der Waals surface area contributed by atoms with Crippen molar-refractivity contribution >= 4 is 0 Å². The van der Waals surface area contributed by atoms with E-state index < -0.39 is 0 Å². The average Bonchev–Trinajstić information content (AvgIpc) is 2.81. The molecule has 0 aromatic heterocycles. The van der Waals surface area contributed by atoms with Crippen molar-refractivity contribution in [2.45, 2.75) is 25.7 Å². The van der Waals surface area contributed by atoms with Gasteiger partial charge >= 0.3 is 0 Å². The van der Waals surface area contributed by atoms with E-state index in [9.17, 15) is 0 Å². The van der Waals surface area contributed by atoms with Gasteiger partial charge in [-0.15, -0.1) is 0 Å². The molecule has 0 heterocycles. The van der Waals surface area contributed by atoms with Crippen molar-refractivity contribution in [2.24, 2.45) is 17.8 Å². The van der Waals surface area contributed by atoms with Crippen LogP contribution in [0, 0.1) is 17.8 Å². The molecule has 0 heteroatoms. The molecule has 17 heavy (non-hydrogen) atoms. The van der Waals surface area contributed by atoms with Gasteiger partial charge in [0, 0.05) is 0 Å². The summed E-state index contributed by atoms with van der Waals surface area (Å²) >= 11 is 0. The van der Waals surface area contributed by atoms with Crippen LogP contribution < -0.4 is 0 Å². The van der Waals surface area contributed by atoms with Gasteiger partial charge in [-0.1, -0.05) is 54.6 Å². The zero-order chi connectivity index (χ0) is 11.5. The normalized spacial score (nSPS) is 30.5. The van der Waals surface area contributed by atoms with Gasteiger partial charge in [0.1, 0.15) is 0 Å². The van der Waals surface area contributed by atoms with Crippen LogP contribution in [0.1, 0.15) is 24.8 Å². The maximum absolute atomic E-state index is 2.44. The minimum Gasteiger partial charge on any atom is -0.0808 e. The molecule has 88 valence electrons. The summed E-state index contributed by atoms with van der Waals surface area (Å²) in [5, 5.41) is 0. The van der Waals surface area contributed by atoms with E-state index in [4.69, 9.17) is 0 Å². The van der Waals surface area contributed by atoms with Crippen LogP contribution in [0.4, 0.5) is 0 Å². The molecule has 0 nitrogen and oxygen atoms in total. The van der Waals surface area contributed by atoms with E-state index in [-0.39, 0.29) is 0 Å². The van der Waals surface area contributed by atoms with E-state index in [0.717, 1.165) is 17.8 Å². The molecule has 1 aromatic rings. The summed E-state index contributed by atoms with van der Waals surface area (Å²) in [5.74, 6) is 2.56. The fourth-order valence-corrected chi connectivity index (χ4v) is 3.40. The summed E-state index contributed by atoms with van der Waals surface area (Å²) in [7, 11) is 0. The Hall–Kier alpha value is -1.30. The first-order chi connectivity index (χ1) is 8.43. The number of allylic oxidation sites excluding steroid dienone is 4. The van der Waals surface area contributed by atoms with Crippen LogP contribution in [0.5, 0.6) is 0 Å². The van der Waals surface area contributed by atoms with Gasteiger partial charge in [-0.2, -0.15) is 0 Å². The summed E-state index contributed by atoms with van der Waals surface area (Å²) < 4.78 is 0. The Balaban J connectivity index is 1.60. The Kier molecular flexibility index (Phi) is 3.13. The standard InChI is InChI=1S/C17H20/c1-2-6-14(7-3-1)10-11-16-13-12-15-8-4-5-9-17(15)16/h1-9,15-17H,10-13H2. The first-order valence-electron chi connectivity index (χ1n) is 6.82. The van der Waals surface area contributed by atoms with Gasteiger partial charge in [-0.05, 0) is 49.0 Å². The highest BCUT2D eigenvalue weighted by Gasteiger charge is 2.32. The predicted octanol–water partition coefficient (Wildman–Crippen LogP) is 4.39. The fraction of sp³-hybridized carbons (Fsp3) is 0.412. The van der Waals surface area contributed by atoms with Gasteiger partial charge in [0.05, 0.1) is 0 Å². The van der Waals surface area contributed by atoms with Crippen molar-refractivity contribution < 1.29 is 0 Å². The lowest BCUT2D eigenvalue weighted by Crippen LogP contribution is -2.13. The van der Waals surface area contributed by atoms with Gasteiger partial charge in [0.15, 0.2) is 0 Å². The van der Waals surface area contributed by atoms with Crippen molar-refractivity contribution in [3.05, 3.63) is 60.2 Å². The zero-order valence-corrected chi connectivity index (χ0v) is 10.3. The molecule has 0 spiro atoms. The van der Waals surface area contributed by atoms with E-state index in [1.807, 2.05) is 0 Å². The molecule has 0 bridgehead atoms. The number of fused-ring (bicyclic) bond motifs is 1. The Labute approximate surface area is 104 Å². The van der Waals surface area contributed by atoms with Gasteiger partial charge in [0.2, 0.25) is 0 Å². The van der Waals surface area contributed by atoms with Crippen molar-refractivity contribution in [2.75, 3.05) is 0 Å². The van der Waals surface area contributed by atoms with Gasteiger partial charge in [-0.3, -0.25) is 0 Å². The Morgan fingerprint density at radius 3 is 2.65 bits per heavy atom. The Bertz CT molecular complexity index is 413. The first-order valence-corrected chi connectivity index (χ1v) is 6.82. The number of rotatable bonds is 3. The van der Waals surface area contributed by atoms with Gasteiger partial charge in [-0.25, -0.2) is 0 Å². The number of benzene rings is 1. The maximum Gasteiger partial charge on any atom is -0.0139 e. The van der Waals surface area contributed by atoms with E-state index in [1.54, 1.807) is 0 Å². The summed E-state index contributed by atoms with van der Waals surface area (Å²) in [5.41, 5.74) is 1.49. The molecule has 0 radical (unpaired) electrons. The van der Waals surface area contributed by atoms with Crippen LogP contribution in [0.25, 0.3) is 0 Å². The number of hydrogen-bond acceptors (Lipinski definition) is 0. The molecular weight excluding hydrogens is 204 g/mol. The second-order valence-electron chi connectivity index (χ2n) is 5.37. The monoisotopic (exact) mass is 224 g/mol. The highest BCUT2D eigenvalue weighted by molar-refractivity contribution is 5.18. The molecule has 3 rings (SSSR count). The lowest BCUT2D eigenvalue weighted by molar-refractivity contribution is 0.394. The largest absolute Gasteiger partial charge is 0.0808 e. The van der Waals surface area contributed by atoms with Crippen molar-refractivity contribution in [3.63, 3.8) is 0 Å². The lowest BCUT2D eigenvalue weighted by atomic mass is 9.83. The van der Waals surface area contributed by atoms with E-state index >= 15 is 0 Å². The molecule has 0 amide bonds. The van der Waals surface area contributed by atoms with E-state index in [1.165, 1.54) is 31.2 Å². The van der Waals surface area contributed by atoms with Crippen LogP contribution in [0.2, 0.25) is 0 Å². The Morgan fingerprint density at radius 2 is 1.76 bits per heavy atom. The Morgan fingerprint density at radius 1 is 0.941 bits per heavy atom. The molecule has 1 fully saturated rings. The lowest BCUT2D eigenvalue weighted by Gasteiger charge is -2.21. The molecule has 1 saturated carbocycles. The van der Waals surface area contributed by atoms with Crippen molar-refractivity contribution in [1.82, 2.24) is 0 Å². The molecule has 3 atom stereocenters. The van der Waals surface area contributed by atoms with Gasteiger partial charge < -0.3 is 0 Å². The van der Waals surface area contributed by atoms with E-state index in [0.29, 0.717) is 0 Å². The molecule has 0 saturated heterocycles. The third-order valence-electron chi connectivity index (χ3n) is 4.36. The topological polar surface area (TPSA) is 0 Å². The third kappa shape index (κ3) is 2.36. The SMILES string of the molecule is C1=CC2CCC(CCc3ccccc3)C2C=C1. The smallest absolute Gasteiger partial charge is 0.0139 e. The van der Waals surface area contributed by atoms with E-state index in [2.05, 4.69) is 54.6 Å². The summed E-state index contributed by atoms with van der Waals surface area (Å²) in [4.78, 5) is 0. The van der Waals surface area contributed by atoms with Crippen molar-refractivity contribution in [3.8, 4) is 0 Å². The molecule has 0 N–H and O–H groups in total. The van der Waals surface area contributed by atoms with Crippen LogP contribution in [0.15, 0.2) is 54.6 Å². The molecular formula is C17H20. The molecule has 1 aromatic carbocycles. The minimum atomic E-state index is 0.823. The van der Waals surface area contributed by atoms with Crippen molar-refractivity contribution in [1.29, 1.82) is 0 Å². The van der Waals surface area contributed by atoms with Crippen LogP contribution in [-0.2, 0) is 6.42 Å². The molecule has 2 aliphatic rings. The number of aryl methyl sites for hydroxylation is 1.